The number of fused-ring (bicyclic) bond motifs is 3. The first-order chi connectivity index (χ1) is 11.7. The van der Waals surface area contributed by atoms with Crippen LogP contribution in [-0.4, -0.2) is 27.7 Å². The molecule has 4 rings (SSSR count). The van der Waals surface area contributed by atoms with Gasteiger partial charge in [0.1, 0.15) is 17.1 Å². The van der Waals surface area contributed by atoms with Gasteiger partial charge in [-0.1, -0.05) is 12.1 Å². The van der Waals surface area contributed by atoms with E-state index in [2.05, 4.69) is 26.7 Å². The minimum atomic E-state index is 0.411. The van der Waals surface area contributed by atoms with Gasteiger partial charge in [0.25, 0.3) is 0 Å². The van der Waals surface area contributed by atoms with E-state index < -0.39 is 0 Å². The number of nitrogens with two attached hydrogens (primary N) is 1. The molecule has 0 unspecified atom stereocenters. The fourth-order valence-corrected chi connectivity index (χ4v) is 3.00. The summed E-state index contributed by atoms with van der Waals surface area (Å²) >= 11 is 0. The monoisotopic (exact) mass is 324 g/mol. The van der Waals surface area contributed by atoms with Crippen molar-refractivity contribution in [1.29, 1.82) is 0 Å². The molecule has 124 valence electrons. The van der Waals surface area contributed by atoms with Crippen LogP contribution in [0.5, 0.6) is 11.6 Å². The highest BCUT2D eigenvalue weighted by Gasteiger charge is 2.14. The zero-order valence-electron chi connectivity index (χ0n) is 13.7. The van der Waals surface area contributed by atoms with Crippen molar-refractivity contribution in [3.05, 3.63) is 41.7 Å². The van der Waals surface area contributed by atoms with E-state index in [1.807, 2.05) is 25.1 Å². The van der Waals surface area contributed by atoms with Gasteiger partial charge in [-0.15, -0.1) is 0 Å². The molecule has 6 heteroatoms. The molecule has 3 heterocycles. The topological polar surface area (TPSA) is 75.2 Å². The molecule has 0 radical (unpaired) electrons. The first kappa shape index (κ1) is 14.8. The fraction of sp³-hybridized carbons (Fsp3) is 0.333. The van der Waals surface area contributed by atoms with E-state index in [1.165, 1.54) is 0 Å². The van der Waals surface area contributed by atoms with Gasteiger partial charge >= 0.3 is 0 Å². The second-order valence-electron chi connectivity index (χ2n) is 6.01. The minimum Gasteiger partial charge on any atom is -0.494 e. The Bertz CT molecular complexity index is 888. The molecule has 0 saturated heterocycles. The third-order valence-corrected chi connectivity index (χ3v) is 4.23. The molecule has 6 nitrogen and oxygen atoms in total. The standard InChI is InChI=1S/C18H20N4O2/c1-12-20-17-15-10-16(21-18(17)19)24-8-3-2-7-23-14-6-4-5-13(9-14)11-22(12)15/h4-6,9-10H,2-3,7-8,11H2,1H3,(H2,19,21). The van der Waals surface area contributed by atoms with Crippen LogP contribution in [0.4, 0.5) is 5.82 Å². The maximum atomic E-state index is 6.09. The van der Waals surface area contributed by atoms with Crippen molar-refractivity contribution >= 4 is 16.9 Å². The third kappa shape index (κ3) is 2.75. The van der Waals surface area contributed by atoms with E-state index in [0.29, 0.717) is 31.5 Å². The number of rotatable bonds is 0. The molecular weight excluding hydrogens is 304 g/mol. The third-order valence-electron chi connectivity index (χ3n) is 4.23. The molecule has 4 bridgehead atoms. The molecule has 1 aliphatic heterocycles. The molecule has 0 amide bonds. The van der Waals surface area contributed by atoms with Gasteiger partial charge in [-0.2, -0.15) is 4.98 Å². The van der Waals surface area contributed by atoms with E-state index >= 15 is 0 Å². The summed E-state index contributed by atoms with van der Waals surface area (Å²) in [5, 5.41) is 0. The first-order valence-electron chi connectivity index (χ1n) is 8.18. The van der Waals surface area contributed by atoms with Crippen LogP contribution in [0.3, 0.4) is 0 Å². The summed E-state index contributed by atoms with van der Waals surface area (Å²) in [5.41, 5.74) is 8.91. The van der Waals surface area contributed by atoms with Crippen molar-refractivity contribution in [2.75, 3.05) is 18.9 Å². The fourth-order valence-electron chi connectivity index (χ4n) is 3.00. The van der Waals surface area contributed by atoms with Gasteiger partial charge in [-0.25, -0.2) is 4.98 Å². The SMILES string of the molecule is Cc1nc2c(N)nc3cc2n1Cc1cccc(c1)OCCCCO3. The van der Waals surface area contributed by atoms with Crippen LogP contribution in [0, 0.1) is 6.92 Å². The lowest BCUT2D eigenvalue weighted by Crippen LogP contribution is -2.07. The lowest BCUT2D eigenvalue weighted by molar-refractivity contribution is 0.261. The van der Waals surface area contributed by atoms with E-state index in [-0.39, 0.29) is 0 Å². The highest BCUT2D eigenvalue weighted by molar-refractivity contribution is 5.86. The van der Waals surface area contributed by atoms with Crippen LogP contribution in [-0.2, 0) is 6.54 Å². The van der Waals surface area contributed by atoms with Crippen molar-refractivity contribution < 1.29 is 9.47 Å². The first-order valence-corrected chi connectivity index (χ1v) is 8.18. The Morgan fingerprint density at radius 1 is 1.08 bits per heavy atom. The normalized spacial score (nSPS) is 14.9. The van der Waals surface area contributed by atoms with Gasteiger partial charge in [0.05, 0.1) is 18.7 Å². The van der Waals surface area contributed by atoms with Crippen molar-refractivity contribution in [2.45, 2.75) is 26.3 Å². The van der Waals surface area contributed by atoms with Crippen molar-refractivity contribution in [3.8, 4) is 11.6 Å². The Balaban J connectivity index is 1.84. The Hall–Kier alpha value is -2.76. The lowest BCUT2D eigenvalue weighted by Gasteiger charge is -2.12. The Labute approximate surface area is 140 Å². The van der Waals surface area contributed by atoms with E-state index in [1.54, 1.807) is 0 Å². The van der Waals surface area contributed by atoms with Gasteiger partial charge < -0.3 is 19.8 Å². The maximum Gasteiger partial charge on any atom is 0.217 e. The van der Waals surface area contributed by atoms with Gasteiger partial charge in [0, 0.05) is 12.6 Å². The Morgan fingerprint density at radius 2 is 1.92 bits per heavy atom. The van der Waals surface area contributed by atoms with Crippen LogP contribution in [0.25, 0.3) is 11.0 Å². The van der Waals surface area contributed by atoms with Crippen LogP contribution >= 0.6 is 0 Å². The summed E-state index contributed by atoms with van der Waals surface area (Å²) in [7, 11) is 0. The quantitative estimate of drug-likeness (QED) is 0.688. The Morgan fingerprint density at radius 3 is 2.79 bits per heavy atom. The van der Waals surface area contributed by atoms with Gasteiger partial charge in [-0.3, -0.25) is 0 Å². The molecule has 0 saturated carbocycles. The van der Waals surface area contributed by atoms with Crippen LogP contribution in [0.2, 0.25) is 0 Å². The zero-order valence-corrected chi connectivity index (χ0v) is 13.7. The minimum absolute atomic E-state index is 0.411. The molecule has 24 heavy (non-hydrogen) atoms. The molecular formula is C18H20N4O2. The number of anilines is 1. The number of aromatic nitrogens is 3. The van der Waals surface area contributed by atoms with Crippen LogP contribution < -0.4 is 15.2 Å². The summed E-state index contributed by atoms with van der Waals surface area (Å²) in [6.45, 7) is 3.94. The van der Waals surface area contributed by atoms with Gasteiger partial charge in [0.15, 0.2) is 5.82 Å². The van der Waals surface area contributed by atoms with Crippen LogP contribution in [0.15, 0.2) is 30.3 Å². The van der Waals surface area contributed by atoms with Gasteiger partial charge in [0.2, 0.25) is 5.88 Å². The van der Waals surface area contributed by atoms with Crippen LogP contribution in [0.1, 0.15) is 24.2 Å². The molecule has 3 aromatic rings. The maximum absolute atomic E-state index is 6.09. The summed E-state index contributed by atoms with van der Waals surface area (Å²) in [5.74, 6) is 2.75. The number of ether oxygens (including phenoxy) is 2. The van der Waals surface area contributed by atoms with E-state index in [9.17, 15) is 0 Å². The van der Waals surface area contributed by atoms with Crippen molar-refractivity contribution in [1.82, 2.24) is 14.5 Å². The molecule has 2 aromatic heterocycles. The molecule has 0 atom stereocenters. The summed E-state index contributed by atoms with van der Waals surface area (Å²) in [4.78, 5) is 8.89. The largest absolute Gasteiger partial charge is 0.494 e. The number of nitrogens with zero attached hydrogens (tertiary/aromatic N) is 3. The zero-order chi connectivity index (χ0) is 16.5. The molecule has 2 N–H and O–H groups in total. The Kier molecular flexibility index (Phi) is 3.72. The van der Waals surface area contributed by atoms with Gasteiger partial charge in [-0.05, 0) is 37.5 Å². The predicted molar refractivity (Wildman–Crippen MR) is 92.4 cm³/mol. The molecule has 1 aromatic carbocycles. The number of nitrogen functional groups attached to an aromatic ring is 1. The van der Waals surface area contributed by atoms with E-state index in [4.69, 9.17) is 15.2 Å². The smallest absolute Gasteiger partial charge is 0.217 e. The van der Waals surface area contributed by atoms with Crippen molar-refractivity contribution in [3.63, 3.8) is 0 Å². The number of aryl methyl sites for hydroxylation is 1. The molecule has 0 fully saturated rings. The molecule has 0 aliphatic carbocycles. The average Bonchev–Trinajstić information content (AvgIpc) is 2.88. The second-order valence-corrected chi connectivity index (χ2v) is 6.01. The molecule has 1 aliphatic rings. The number of benzene rings is 1. The summed E-state index contributed by atoms with van der Waals surface area (Å²) in [6.07, 6.45) is 1.83. The van der Waals surface area contributed by atoms with E-state index in [0.717, 1.165) is 41.0 Å². The average molecular weight is 324 g/mol. The summed E-state index contributed by atoms with van der Waals surface area (Å²) < 4.78 is 13.7. The molecule has 0 spiro atoms. The lowest BCUT2D eigenvalue weighted by atomic mass is 10.2. The van der Waals surface area contributed by atoms with Crippen molar-refractivity contribution in [2.24, 2.45) is 0 Å². The number of hydrogen-bond acceptors (Lipinski definition) is 5. The second kappa shape index (κ2) is 6.03. The highest BCUT2D eigenvalue weighted by atomic mass is 16.5. The highest BCUT2D eigenvalue weighted by Crippen LogP contribution is 2.26. The summed E-state index contributed by atoms with van der Waals surface area (Å²) in [6, 6.07) is 10.1. The number of pyridine rings is 1. The number of hydrogen-bond donors (Lipinski definition) is 1. The predicted octanol–water partition coefficient (Wildman–Crippen LogP) is 2.92. The number of imidazole rings is 1.